The highest BCUT2D eigenvalue weighted by molar-refractivity contribution is 5.81. The summed E-state index contributed by atoms with van der Waals surface area (Å²) in [5.74, 6) is 0.500. The van der Waals surface area contributed by atoms with E-state index in [0.29, 0.717) is 12.4 Å². The Bertz CT molecular complexity index is 678. The number of hydrogen-bond donors (Lipinski definition) is 2. The third-order valence-corrected chi connectivity index (χ3v) is 3.55. The van der Waals surface area contributed by atoms with Crippen LogP contribution in [-0.2, 0) is 22.7 Å². The van der Waals surface area contributed by atoms with Gasteiger partial charge >= 0.3 is 0 Å². The molecule has 1 aromatic carbocycles. The minimum atomic E-state index is -0.123. The Labute approximate surface area is 129 Å². The lowest BCUT2D eigenvalue weighted by molar-refractivity contribution is -0.122. The van der Waals surface area contributed by atoms with Gasteiger partial charge in [-0.05, 0) is 25.5 Å². The van der Waals surface area contributed by atoms with Gasteiger partial charge in [-0.2, -0.15) is 0 Å². The van der Waals surface area contributed by atoms with Gasteiger partial charge in [-0.3, -0.25) is 9.59 Å². The molecule has 1 heterocycles. The van der Waals surface area contributed by atoms with E-state index in [9.17, 15) is 9.59 Å². The molecule has 6 nitrogen and oxygen atoms in total. The summed E-state index contributed by atoms with van der Waals surface area (Å²) < 4.78 is 1.85. The van der Waals surface area contributed by atoms with Gasteiger partial charge in [0.1, 0.15) is 12.4 Å². The van der Waals surface area contributed by atoms with Gasteiger partial charge in [0, 0.05) is 13.0 Å². The molecule has 0 saturated heterocycles. The Hall–Kier alpha value is -2.37. The number of hydrogen-bond acceptors (Lipinski definition) is 3. The summed E-state index contributed by atoms with van der Waals surface area (Å²) in [6, 6.07) is 7.78. The molecule has 1 aromatic heterocycles. The molecule has 0 spiro atoms. The van der Waals surface area contributed by atoms with Crippen molar-refractivity contribution in [3.05, 3.63) is 30.1 Å². The lowest BCUT2D eigenvalue weighted by Crippen LogP contribution is -2.35. The number of para-hydroxylation sites is 2. The highest BCUT2D eigenvalue weighted by atomic mass is 16.2. The van der Waals surface area contributed by atoms with Crippen LogP contribution in [0.5, 0.6) is 0 Å². The maximum Gasteiger partial charge on any atom is 0.240 e. The van der Waals surface area contributed by atoms with E-state index in [4.69, 9.17) is 0 Å². The van der Waals surface area contributed by atoms with E-state index in [0.717, 1.165) is 17.5 Å². The average Bonchev–Trinajstić information content (AvgIpc) is 2.83. The van der Waals surface area contributed by atoms with Crippen LogP contribution in [0.1, 0.15) is 33.0 Å². The number of fused-ring (bicyclic) bond motifs is 1. The van der Waals surface area contributed by atoms with Crippen molar-refractivity contribution < 1.29 is 9.59 Å². The Morgan fingerprint density at radius 2 is 2.05 bits per heavy atom. The number of benzene rings is 1. The molecule has 1 unspecified atom stereocenters. The quantitative estimate of drug-likeness (QED) is 0.850. The van der Waals surface area contributed by atoms with Crippen LogP contribution in [0.15, 0.2) is 24.3 Å². The van der Waals surface area contributed by atoms with Crippen LogP contribution in [0, 0.1) is 0 Å². The average molecular weight is 302 g/mol. The Kier molecular flexibility index (Phi) is 5.14. The third kappa shape index (κ3) is 3.84. The van der Waals surface area contributed by atoms with Crippen LogP contribution in [0.25, 0.3) is 11.0 Å². The normalized spacial score (nSPS) is 12.1. The van der Waals surface area contributed by atoms with E-state index in [1.165, 1.54) is 6.92 Å². The number of carbonyl (C=O) groups excluding carboxylic acids is 2. The largest absolute Gasteiger partial charge is 0.352 e. The lowest BCUT2D eigenvalue weighted by Gasteiger charge is -2.13. The predicted octanol–water partition coefficient (Wildman–Crippen LogP) is 1.59. The van der Waals surface area contributed by atoms with Gasteiger partial charge in [-0.1, -0.05) is 19.1 Å². The van der Waals surface area contributed by atoms with Crippen molar-refractivity contribution in [1.82, 2.24) is 20.2 Å². The number of rotatable bonds is 6. The Morgan fingerprint density at radius 1 is 1.32 bits per heavy atom. The van der Waals surface area contributed by atoms with E-state index in [1.54, 1.807) is 0 Å². The Balaban J connectivity index is 2.26. The second-order valence-electron chi connectivity index (χ2n) is 5.39. The highest BCUT2D eigenvalue weighted by Gasteiger charge is 2.14. The maximum atomic E-state index is 12.2. The molecule has 6 heteroatoms. The number of carbonyl (C=O) groups is 2. The number of nitrogens with zero attached hydrogens (tertiary/aromatic N) is 2. The van der Waals surface area contributed by atoms with E-state index in [-0.39, 0.29) is 24.4 Å². The summed E-state index contributed by atoms with van der Waals surface area (Å²) in [5, 5.41) is 5.68. The topological polar surface area (TPSA) is 76.0 Å². The second-order valence-corrected chi connectivity index (χ2v) is 5.39. The molecule has 0 aliphatic heterocycles. The van der Waals surface area contributed by atoms with Crippen LogP contribution in [0.4, 0.5) is 0 Å². The summed E-state index contributed by atoms with van der Waals surface area (Å²) in [6.07, 6.45) is 0.884. The van der Waals surface area contributed by atoms with Crippen LogP contribution in [0.2, 0.25) is 0 Å². The highest BCUT2D eigenvalue weighted by Crippen LogP contribution is 2.16. The summed E-state index contributed by atoms with van der Waals surface area (Å²) in [6.45, 7) is 5.96. The minimum Gasteiger partial charge on any atom is -0.352 e. The fraction of sp³-hybridized carbons (Fsp3) is 0.438. The van der Waals surface area contributed by atoms with Crippen molar-refractivity contribution in [2.24, 2.45) is 0 Å². The van der Waals surface area contributed by atoms with Gasteiger partial charge in [0.25, 0.3) is 0 Å². The van der Waals surface area contributed by atoms with E-state index < -0.39 is 0 Å². The SMILES string of the molecule is CCC(C)NC(=O)Cn1c(CNC(C)=O)nc2ccccc21. The summed E-state index contributed by atoms with van der Waals surface area (Å²) >= 11 is 0. The van der Waals surface area contributed by atoms with Crippen molar-refractivity contribution in [2.75, 3.05) is 0 Å². The smallest absolute Gasteiger partial charge is 0.240 e. The molecule has 2 amide bonds. The summed E-state index contributed by atoms with van der Waals surface area (Å²) in [4.78, 5) is 27.8. The van der Waals surface area contributed by atoms with Crippen molar-refractivity contribution in [3.63, 3.8) is 0 Å². The summed E-state index contributed by atoms with van der Waals surface area (Å²) in [5.41, 5.74) is 1.71. The molecule has 2 N–H and O–H groups in total. The fourth-order valence-corrected chi connectivity index (χ4v) is 2.21. The Morgan fingerprint density at radius 3 is 2.73 bits per heavy atom. The first-order valence-corrected chi connectivity index (χ1v) is 7.49. The molecule has 118 valence electrons. The minimum absolute atomic E-state index is 0.0541. The molecule has 22 heavy (non-hydrogen) atoms. The lowest BCUT2D eigenvalue weighted by atomic mass is 10.2. The van der Waals surface area contributed by atoms with Crippen molar-refractivity contribution >= 4 is 22.8 Å². The zero-order valence-corrected chi connectivity index (χ0v) is 13.2. The molecule has 0 fully saturated rings. The first-order chi connectivity index (χ1) is 10.5. The van der Waals surface area contributed by atoms with Gasteiger partial charge in [0.05, 0.1) is 17.6 Å². The molecular weight excluding hydrogens is 280 g/mol. The van der Waals surface area contributed by atoms with E-state index in [2.05, 4.69) is 15.6 Å². The van der Waals surface area contributed by atoms with Gasteiger partial charge in [-0.25, -0.2) is 4.98 Å². The van der Waals surface area contributed by atoms with Crippen LogP contribution in [-0.4, -0.2) is 27.4 Å². The first-order valence-electron chi connectivity index (χ1n) is 7.49. The monoisotopic (exact) mass is 302 g/mol. The number of aromatic nitrogens is 2. The fourth-order valence-electron chi connectivity index (χ4n) is 2.21. The zero-order chi connectivity index (χ0) is 16.1. The molecule has 1 atom stereocenters. The maximum absolute atomic E-state index is 12.2. The second kappa shape index (κ2) is 7.06. The van der Waals surface area contributed by atoms with Crippen molar-refractivity contribution in [1.29, 1.82) is 0 Å². The standard InChI is InChI=1S/C16H22N4O2/c1-4-11(2)18-16(22)10-20-14-8-6-5-7-13(14)19-15(20)9-17-12(3)21/h5-8,11H,4,9-10H2,1-3H3,(H,17,21)(H,18,22). The third-order valence-electron chi connectivity index (χ3n) is 3.55. The van der Waals surface area contributed by atoms with Gasteiger partial charge in [-0.15, -0.1) is 0 Å². The molecule has 0 radical (unpaired) electrons. The first kappa shape index (κ1) is 16.0. The van der Waals surface area contributed by atoms with E-state index >= 15 is 0 Å². The van der Waals surface area contributed by atoms with Crippen LogP contribution < -0.4 is 10.6 Å². The van der Waals surface area contributed by atoms with Gasteiger partial charge < -0.3 is 15.2 Å². The molecule has 0 saturated carbocycles. The zero-order valence-electron chi connectivity index (χ0n) is 13.2. The number of amides is 2. The van der Waals surface area contributed by atoms with E-state index in [1.807, 2.05) is 42.7 Å². The van der Waals surface area contributed by atoms with Crippen molar-refractivity contribution in [3.8, 4) is 0 Å². The van der Waals surface area contributed by atoms with Crippen molar-refractivity contribution in [2.45, 2.75) is 46.3 Å². The van der Waals surface area contributed by atoms with Gasteiger partial charge in [0.2, 0.25) is 11.8 Å². The molecule has 0 bridgehead atoms. The molecule has 0 aliphatic rings. The molecule has 0 aliphatic carbocycles. The van der Waals surface area contributed by atoms with Crippen LogP contribution >= 0.6 is 0 Å². The predicted molar refractivity (Wildman–Crippen MR) is 85.1 cm³/mol. The molecule has 2 rings (SSSR count). The number of nitrogens with one attached hydrogen (secondary N) is 2. The molecule has 2 aromatic rings. The van der Waals surface area contributed by atoms with Crippen LogP contribution in [0.3, 0.4) is 0 Å². The summed E-state index contributed by atoms with van der Waals surface area (Å²) in [7, 11) is 0. The molecular formula is C16H22N4O2. The van der Waals surface area contributed by atoms with Gasteiger partial charge in [0.15, 0.2) is 0 Å². The number of imidazole rings is 1.